The molecule has 11 heteroatoms. The normalized spacial score (nSPS) is 12.0. The minimum atomic E-state index is -0.419. The van der Waals surface area contributed by atoms with Crippen LogP contribution in [0.5, 0.6) is 17.2 Å². The van der Waals surface area contributed by atoms with Gasteiger partial charge in [-0.05, 0) is 60.9 Å². The van der Waals surface area contributed by atoms with Crippen molar-refractivity contribution in [2.75, 3.05) is 19.7 Å². The molecule has 0 aliphatic carbocycles. The zero-order valence-electron chi connectivity index (χ0n) is 23.1. The first kappa shape index (κ1) is 29.1. The van der Waals surface area contributed by atoms with E-state index in [4.69, 9.17) is 19.2 Å². The Morgan fingerprint density at radius 1 is 1.02 bits per heavy atom. The number of ether oxygens (including phenoxy) is 3. The number of halogens is 1. The van der Waals surface area contributed by atoms with Gasteiger partial charge in [-0.15, -0.1) is 0 Å². The number of ketones is 1. The van der Waals surface area contributed by atoms with Crippen LogP contribution in [0.2, 0.25) is 0 Å². The summed E-state index contributed by atoms with van der Waals surface area (Å²) < 4.78 is 30.9. The van der Waals surface area contributed by atoms with Gasteiger partial charge in [-0.3, -0.25) is 19.0 Å². The first-order chi connectivity index (χ1) is 20.4. The summed E-state index contributed by atoms with van der Waals surface area (Å²) in [6, 6.07) is 16.2. The number of fused-ring (bicyclic) bond motifs is 2. The van der Waals surface area contributed by atoms with E-state index in [-0.39, 0.29) is 29.8 Å². The van der Waals surface area contributed by atoms with E-state index in [1.165, 1.54) is 24.3 Å². The Hall–Kier alpha value is -4.38. The third kappa shape index (κ3) is 7.09. The van der Waals surface area contributed by atoms with E-state index in [2.05, 4.69) is 5.32 Å². The lowest BCUT2D eigenvalue weighted by Gasteiger charge is -2.13. The highest BCUT2D eigenvalue weighted by Gasteiger charge is 2.20. The molecule has 0 bridgehead atoms. The number of carbonyl (C=O) groups is 2. The molecule has 1 N–H and O–H groups in total. The second-order valence-corrected chi connectivity index (χ2v) is 10.7. The Morgan fingerprint density at radius 3 is 2.50 bits per heavy atom. The van der Waals surface area contributed by atoms with Crippen LogP contribution in [0.15, 0.2) is 70.6 Å². The Balaban J connectivity index is 1.21. The lowest BCUT2D eigenvalue weighted by molar-refractivity contribution is -0.121. The molecule has 0 atom stereocenters. The fourth-order valence-electron chi connectivity index (χ4n) is 4.51. The van der Waals surface area contributed by atoms with E-state index in [9.17, 15) is 18.8 Å². The number of amides is 1. The molecule has 0 spiro atoms. The summed E-state index contributed by atoms with van der Waals surface area (Å²) in [5, 5.41) is 3.72. The van der Waals surface area contributed by atoms with Crippen molar-refractivity contribution in [3.05, 3.63) is 88.0 Å². The molecule has 5 rings (SSSR count). The average Bonchev–Trinajstić information content (AvgIpc) is 3.47. The smallest absolute Gasteiger partial charge is 0.262 e. The fraction of sp³-hybridized carbons (Fsp3) is 0.290. The highest BCUT2D eigenvalue weighted by Crippen LogP contribution is 2.35. The molecule has 0 saturated heterocycles. The quantitative estimate of drug-likeness (QED) is 0.0988. The molecule has 2 heterocycles. The standard InChI is InChI=1S/C31H30FN3O6S/c1-39-23-12-6-20(7-13-23)17-33-29(37)5-3-2-4-14-35-30(38)24-15-27-28(41-19-40-27)16-25(24)34-31(35)42-18-26(36)21-8-10-22(32)11-9-21/h6-13,15-16H,2-5,14,17-19H2,1H3,(H,33,37). The van der Waals surface area contributed by atoms with Crippen molar-refractivity contribution >= 4 is 34.4 Å². The topological polar surface area (TPSA) is 109 Å². The van der Waals surface area contributed by atoms with Crippen molar-refractivity contribution in [2.45, 2.75) is 43.9 Å². The van der Waals surface area contributed by atoms with Crippen LogP contribution in [0.3, 0.4) is 0 Å². The first-order valence-corrected chi connectivity index (χ1v) is 14.6. The maximum Gasteiger partial charge on any atom is 0.262 e. The number of unbranched alkanes of at least 4 members (excludes halogenated alkanes) is 2. The van der Waals surface area contributed by atoms with Gasteiger partial charge >= 0.3 is 0 Å². The van der Waals surface area contributed by atoms with Gasteiger partial charge in [0.1, 0.15) is 11.6 Å². The van der Waals surface area contributed by atoms with Gasteiger partial charge in [-0.2, -0.15) is 0 Å². The van der Waals surface area contributed by atoms with E-state index in [1.54, 1.807) is 23.8 Å². The number of nitrogens with one attached hydrogen (secondary N) is 1. The molecule has 9 nitrogen and oxygen atoms in total. The molecular weight excluding hydrogens is 561 g/mol. The molecule has 0 fully saturated rings. The summed E-state index contributed by atoms with van der Waals surface area (Å²) in [4.78, 5) is 43.3. The Bertz CT molecular complexity index is 1640. The van der Waals surface area contributed by atoms with Crippen molar-refractivity contribution in [3.63, 3.8) is 0 Å². The van der Waals surface area contributed by atoms with Crippen molar-refractivity contribution in [3.8, 4) is 17.2 Å². The van der Waals surface area contributed by atoms with Crippen molar-refractivity contribution in [2.24, 2.45) is 0 Å². The molecule has 4 aromatic rings. The fourth-order valence-corrected chi connectivity index (χ4v) is 5.43. The summed E-state index contributed by atoms with van der Waals surface area (Å²) in [6.45, 7) is 0.884. The number of hydrogen-bond acceptors (Lipinski definition) is 8. The molecule has 0 unspecified atom stereocenters. The van der Waals surface area contributed by atoms with Crippen LogP contribution >= 0.6 is 11.8 Å². The zero-order valence-corrected chi connectivity index (χ0v) is 23.9. The molecule has 0 radical (unpaired) electrons. The van der Waals surface area contributed by atoms with Gasteiger partial charge in [0.2, 0.25) is 12.7 Å². The van der Waals surface area contributed by atoms with Crippen molar-refractivity contribution in [1.82, 2.24) is 14.9 Å². The van der Waals surface area contributed by atoms with Crippen LogP contribution in [-0.4, -0.2) is 40.9 Å². The lowest BCUT2D eigenvalue weighted by Crippen LogP contribution is -2.24. The van der Waals surface area contributed by atoms with Crippen LogP contribution in [0, 0.1) is 5.82 Å². The maximum atomic E-state index is 13.5. The van der Waals surface area contributed by atoms with Gasteiger partial charge < -0.3 is 19.5 Å². The summed E-state index contributed by atoms with van der Waals surface area (Å²) in [7, 11) is 1.61. The zero-order chi connectivity index (χ0) is 29.5. The number of benzene rings is 3. The van der Waals surface area contributed by atoms with E-state index in [1.807, 2.05) is 24.3 Å². The number of nitrogens with zero attached hydrogens (tertiary/aromatic N) is 2. The minimum Gasteiger partial charge on any atom is -0.497 e. The van der Waals surface area contributed by atoms with E-state index in [0.717, 1.165) is 29.5 Å². The van der Waals surface area contributed by atoms with Gasteiger partial charge in [-0.1, -0.05) is 30.3 Å². The second kappa shape index (κ2) is 13.5. The number of methoxy groups -OCH3 is 1. The molecule has 3 aromatic carbocycles. The van der Waals surface area contributed by atoms with Crippen LogP contribution in [0.4, 0.5) is 4.39 Å². The number of rotatable bonds is 13. The molecule has 0 saturated carbocycles. The molecule has 1 aromatic heterocycles. The van der Waals surface area contributed by atoms with Gasteiger partial charge in [0.15, 0.2) is 22.4 Å². The third-order valence-corrected chi connectivity index (χ3v) is 7.82. The molecule has 42 heavy (non-hydrogen) atoms. The monoisotopic (exact) mass is 591 g/mol. The van der Waals surface area contributed by atoms with Gasteiger partial charge in [0.25, 0.3) is 5.56 Å². The highest BCUT2D eigenvalue weighted by atomic mass is 32.2. The molecule has 218 valence electrons. The average molecular weight is 592 g/mol. The van der Waals surface area contributed by atoms with Gasteiger partial charge in [0.05, 0.1) is 23.8 Å². The Labute approximate surface area is 246 Å². The van der Waals surface area contributed by atoms with Crippen molar-refractivity contribution in [1.29, 1.82) is 0 Å². The summed E-state index contributed by atoms with van der Waals surface area (Å²) >= 11 is 1.16. The minimum absolute atomic E-state index is 0.0303. The van der Waals surface area contributed by atoms with Crippen LogP contribution < -0.4 is 25.1 Å². The number of carbonyl (C=O) groups excluding carboxylic acids is 2. The molecule has 1 aliphatic rings. The Kier molecular flexibility index (Phi) is 9.38. The third-order valence-electron chi connectivity index (χ3n) is 6.85. The van der Waals surface area contributed by atoms with Gasteiger partial charge in [0, 0.05) is 31.1 Å². The van der Waals surface area contributed by atoms with Crippen LogP contribution in [0.25, 0.3) is 10.9 Å². The Morgan fingerprint density at radius 2 is 1.76 bits per heavy atom. The highest BCUT2D eigenvalue weighted by molar-refractivity contribution is 7.99. The van der Waals surface area contributed by atoms with E-state index >= 15 is 0 Å². The van der Waals surface area contributed by atoms with Crippen LogP contribution in [-0.2, 0) is 17.9 Å². The maximum absolute atomic E-state index is 13.5. The summed E-state index contributed by atoms with van der Waals surface area (Å²) in [5.41, 5.74) is 1.57. The molecule has 1 aliphatic heterocycles. The molecular formula is C31H30FN3O6S. The number of aromatic nitrogens is 2. The predicted octanol–water partition coefficient (Wildman–Crippen LogP) is 5.12. The van der Waals surface area contributed by atoms with Crippen LogP contribution in [0.1, 0.15) is 41.6 Å². The number of hydrogen-bond donors (Lipinski definition) is 1. The lowest BCUT2D eigenvalue weighted by atomic mass is 10.1. The van der Waals surface area contributed by atoms with E-state index in [0.29, 0.717) is 65.5 Å². The first-order valence-electron chi connectivity index (χ1n) is 13.6. The van der Waals surface area contributed by atoms with Crippen molar-refractivity contribution < 1.29 is 28.2 Å². The SMILES string of the molecule is COc1ccc(CNC(=O)CCCCCn2c(SCC(=O)c3ccc(F)cc3)nc3cc4c(cc3c2=O)OCO4)cc1. The number of thioether (sulfide) groups is 1. The summed E-state index contributed by atoms with van der Waals surface area (Å²) in [5.74, 6) is 1.13. The second-order valence-electron chi connectivity index (χ2n) is 9.73. The largest absolute Gasteiger partial charge is 0.497 e. The predicted molar refractivity (Wildman–Crippen MR) is 157 cm³/mol. The van der Waals surface area contributed by atoms with E-state index < -0.39 is 5.82 Å². The van der Waals surface area contributed by atoms with Gasteiger partial charge in [-0.25, -0.2) is 9.37 Å². The summed E-state index contributed by atoms with van der Waals surface area (Å²) in [6.07, 6.45) is 2.40. The number of Topliss-reactive ketones (excluding diaryl/α,β-unsaturated/α-hetero) is 1. The molecule has 1 amide bonds.